The highest BCUT2D eigenvalue weighted by Gasteiger charge is 2.42. The number of aliphatic hydroxyl groups is 1. The van der Waals surface area contributed by atoms with Crippen molar-refractivity contribution in [1.82, 2.24) is 15.5 Å². The number of aryl methyl sites for hydroxylation is 1. The highest BCUT2D eigenvalue weighted by Crippen LogP contribution is 2.35. The van der Waals surface area contributed by atoms with Crippen molar-refractivity contribution in [3.8, 4) is 0 Å². The van der Waals surface area contributed by atoms with E-state index in [0.717, 1.165) is 56.1 Å². The molecular weight excluding hydrogens is 446 g/mol. The first-order chi connectivity index (χ1) is 16.6. The van der Waals surface area contributed by atoms with Gasteiger partial charge >= 0.3 is 6.09 Å². The van der Waals surface area contributed by atoms with Crippen molar-refractivity contribution in [2.24, 2.45) is 0 Å². The van der Waals surface area contributed by atoms with Crippen molar-refractivity contribution in [3.63, 3.8) is 0 Å². The van der Waals surface area contributed by atoms with Crippen molar-refractivity contribution in [3.05, 3.63) is 35.4 Å². The minimum Gasteiger partial charge on any atom is -0.444 e. The number of ether oxygens (including phenoxy) is 1. The quantitative estimate of drug-likeness (QED) is 0.518. The standard InChI is InChI=1S/C27H41N3O5/c1-18-11-8-9-16-21(18)23(24(32)28-19-12-6-5-7-13-19)30(20-14-10-15-20)25(33)22(17-31)29-26(34)35-27(2,3)4/h8-9,11,16,19-20,22-23,31H,5-7,10,12-15,17H2,1-4H3,(H,28,32)(H,29,34). The molecule has 0 spiro atoms. The van der Waals surface area contributed by atoms with Crippen LogP contribution >= 0.6 is 0 Å². The lowest BCUT2D eigenvalue weighted by molar-refractivity contribution is -0.148. The highest BCUT2D eigenvalue weighted by atomic mass is 16.6. The van der Waals surface area contributed by atoms with E-state index in [9.17, 15) is 19.5 Å². The third-order valence-corrected chi connectivity index (χ3v) is 6.86. The summed E-state index contributed by atoms with van der Waals surface area (Å²) in [6.45, 7) is 6.53. The number of carbonyl (C=O) groups is 3. The number of benzene rings is 1. The van der Waals surface area contributed by atoms with Crippen LogP contribution in [0.15, 0.2) is 24.3 Å². The summed E-state index contributed by atoms with van der Waals surface area (Å²) in [5.74, 6) is -0.685. The summed E-state index contributed by atoms with van der Waals surface area (Å²) in [5, 5.41) is 15.8. The summed E-state index contributed by atoms with van der Waals surface area (Å²) in [6, 6.07) is 5.50. The van der Waals surface area contributed by atoms with Crippen molar-refractivity contribution in [2.45, 2.75) is 109 Å². The molecule has 0 bridgehead atoms. The Kier molecular flexibility index (Phi) is 9.16. The van der Waals surface area contributed by atoms with Gasteiger partial charge in [0.05, 0.1) is 6.61 Å². The Balaban J connectivity index is 1.92. The van der Waals surface area contributed by atoms with E-state index in [0.29, 0.717) is 0 Å². The zero-order chi connectivity index (χ0) is 25.6. The van der Waals surface area contributed by atoms with Crippen LogP contribution in [0.4, 0.5) is 4.79 Å². The zero-order valence-corrected chi connectivity index (χ0v) is 21.5. The van der Waals surface area contributed by atoms with E-state index in [1.807, 2.05) is 31.2 Å². The molecule has 0 heterocycles. The highest BCUT2D eigenvalue weighted by molar-refractivity contribution is 5.92. The minimum atomic E-state index is -1.21. The van der Waals surface area contributed by atoms with Crippen molar-refractivity contribution in [1.29, 1.82) is 0 Å². The molecule has 35 heavy (non-hydrogen) atoms. The number of amides is 3. The molecule has 2 aliphatic rings. The fourth-order valence-corrected chi connectivity index (χ4v) is 4.84. The van der Waals surface area contributed by atoms with Crippen LogP contribution in [0.3, 0.4) is 0 Å². The zero-order valence-electron chi connectivity index (χ0n) is 21.5. The predicted octanol–water partition coefficient (Wildman–Crippen LogP) is 3.75. The van der Waals surface area contributed by atoms with Crippen molar-refractivity contribution >= 4 is 17.9 Å². The second kappa shape index (κ2) is 11.9. The van der Waals surface area contributed by atoms with Crippen LogP contribution in [0.25, 0.3) is 0 Å². The number of hydrogen-bond donors (Lipinski definition) is 3. The van der Waals surface area contributed by atoms with Gasteiger partial charge in [0, 0.05) is 12.1 Å². The Morgan fingerprint density at radius 1 is 1.06 bits per heavy atom. The lowest BCUT2D eigenvalue weighted by Crippen LogP contribution is -2.59. The summed E-state index contributed by atoms with van der Waals surface area (Å²) in [7, 11) is 0. The van der Waals surface area contributed by atoms with E-state index < -0.39 is 36.3 Å². The molecule has 1 aromatic rings. The number of carbonyl (C=O) groups excluding carboxylic acids is 3. The summed E-state index contributed by atoms with van der Waals surface area (Å²) in [4.78, 5) is 41.6. The molecular formula is C27H41N3O5. The normalized spacial score (nSPS) is 18.7. The molecule has 0 aromatic heterocycles. The van der Waals surface area contributed by atoms with E-state index in [-0.39, 0.29) is 18.0 Å². The maximum atomic E-state index is 13.8. The third-order valence-electron chi connectivity index (χ3n) is 6.86. The second-order valence-corrected chi connectivity index (χ2v) is 10.8. The van der Waals surface area contributed by atoms with Crippen molar-refractivity contribution in [2.75, 3.05) is 6.61 Å². The molecule has 3 amide bonds. The fourth-order valence-electron chi connectivity index (χ4n) is 4.84. The van der Waals surface area contributed by atoms with Gasteiger partial charge in [-0.2, -0.15) is 0 Å². The molecule has 1 aromatic carbocycles. The van der Waals surface area contributed by atoms with Gasteiger partial charge in [0.25, 0.3) is 0 Å². The molecule has 2 saturated carbocycles. The molecule has 0 radical (unpaired) electrons. The maximum Gasteiger partial charge on any atom is 0.408 e. The summed E-state index contributed by atoms with van der Waals surface area (Å²) in [6.07, 6.45) is 6.93. The van der Waals surface area contributed by atoms with E-state index in [2.05, 4.69) is 10.6 Å². The number of alkyl carbamates (subject to hydrolysis) is 1. The predicted molar refractivity (Wildman–Crippen MR) is 134 cm³/mol. The molecule has 2 unspecified atom stereocenters. The molecule has 8 heteroatoms. The van der Waals surface area contributed by atoms with Gasteiger partial charge in [-0.05, 0) is 70.9 Å². The topological polar surface area (TPSA) is 108 Å². The largest absolute Gasteiger partial charge is 0.444 e. The minimum absolute atomic E-state index is 0.0923. The molecule has 0 saturated heterocycles. The first-order valence-electron chi connectivity index (χ1n) is 12.9. The summed E-state index contributed by atoms with van der Waals surface area (Å²) in [5.41, 5.74) is 0.925. The number of nitrogens with one attached hydrogen (secondary N) is 2. The average Bonchev–Trinajstić information content (AvgIpc) is 2.76. The van der Waals surface area contributed by atoms with Crippen LogP contribution in [0.5, 0.6) is 0 Å². The molecule has 3 N–H and O–H groups in total. The molecule has 3 rings (SSSR count). The monoisotopic (exact) mass is 487 g/mol. The van der Waals surface area contributed by atoms with Gasteiger partial charge in [-0.15, -0.1) is 0 Å². The van der Waals surface area contributed by atoms with Crippen LogP contribution in [-0.2, 0) is 14.3 Å². The van der Waals surface area contributed by atoms with E-state index in [1.165, 1.54) is 6.42 Å². The SMILES string of the molecule is Cc1ccccc1C(C(=O)NC1CCCCC1)N(C(=O)C(CO)NC(=O)OC(C)(C)C)C1CCC1. The van der Waals surface area contributed by atoms with Gasteiger partial charge in [-0.25, -0.2) is 4.79 Å². The number of nitrogens with zero attached hydrogens (tertiary/aromatic N) is 1. The Morgan fingerprint density at radius 2 is 1.71 bits per heavy atom. The summed E-state index contributed by atoms with van der Waals surface area (Å²) < 4.78 is 5.30. The second-order valence-electron chi connectivity index (χ2n) is 10.8. The smallest absolute Gasteiger partial charge is 0.408 e. The lowest BCUT2D eigenvalue weighted by atomic mass is 9.87. The van der Waals surface area contributed by atoms with Gasteiger partial charge in [0.2, 0.25) is 11.8 Å². The van der Waals surface area contributed by atoms with Crippen LogP contribution in [-0.4, -0.2) is 58.2 Å². The number of rotatable bonds is 8. The lowest BCUT2D eigenvalue weighted by Gasteiger charge is -2.44. The molecule has 2 aliphatic carbocycles. The first kappa shape index (κ1) is 27.0. The Labute approximate surface area is 208 Å². The van der Waals surface area contributed by atoms with Gasteiger partial charge < -0.3 is 25.4 Å². The summed E-state index contributed by atoms with van der Waals surface area (Å²) >= 11 is 0. The molecule has 2 atom stereocenters. The molecule has 8 nitrogen and oxygen atoms in total. The van der Waals surface area contributed by atoms with Crippen LogP contribution < -0.4 is 10.6 Å². The first-order valence-corrected chi connectivity index (χ1v) is 12.9. The maximum absolute atomic E-state index is 13.8. The van der Waals surface area contributed by atoms with Gasteiger partial charge in [0.1, 0.15) is 17.7 Å². The van der Waals surface area contributed by atoms with E-state index in [1.54, 1.807) is 25.7 Å². The van der Waals surface area contributed by atoms with E-state index >= 15 is 0 Å². The average molecular weight is 488 g/mol. The van der Waals surface area contributed by atoms with Gasteiger partial charge in [-0.1, -0.05) is 43.5 Å². The van der Waals surface area contributed by atoms with Crippen molar-refractivity contribution < 1.29 is 24.2 Å². The Morgan fingerprint density at radius 3 is 2.26 bits per heavy atom. The molecule has 2 fully saturated rings. The Bertz CT molecular complexity index is 887. The molecule has 194 valence electrons. The van der Waals surface area contributed by atoms with Crippen LogP contribution in [0.2, 0.25) is 0 Å². The Hall–Kier alpha value is -2.61. The van der Waals surface area contributed by atoms with Crippen LogP contribution in [0.1, 0.15) is 89.3 Å². The van der Waals surface area contributed by atoms with Crippen LogP contribution in [0, 0.1) is 6.92 Å². The number of aliphatic hydroxyl groups excluding tert-OH is 1. The fraction of sp³-hybridized carbons (Fsp3) is 0.667. The van der Waals surface area contributed by atoms with Gasteiger partial charge in [-0.3, -0.25) is 9.59 Å². The van der Waals surface area contributed by atoms with Gasteiger partial charge in [0.15, 0.2) is 0 Å². The number of hydrogen-bond acceptors (Lipinski definition) is 5. The molecule has 0 aliphatic heterocycles. The van der Waals surface area contributed by atoms with E-state index in [4.69, 9.17) is 4.74 Å². The third kappa shape index (κ3) is 7.19.